The minimum absolute atomic E-state index is 0.0621. The predicted molar refractivity (Wildman–Crippen MR) is 83.1 cm³/mol. The summed E-state index contributed by atoms with van der Waals surface area (Å²) in [5.74, 6) is 0. The van der Waals surface area contributed by atoms with Crippen LogP contribution in [0.5, 0.6) is 0 Å². The van der Waals surface area contributed by atoms with E-state index < -0.39 is 10.2 Å². The van der Waals surface area contributed by atoms with Crippen molar-refractivity contribution >= 4 is 21.1 Å². The number of benzene rings is 1. The second-order valence-electron chi connectivity index (χ2n) is 5.05. The first-order chi connectivity index (χ1) is 11.1. The zero-order chi connectivity index (χ0) is 16.3. The van der Waals surface area contributed by atoms with Crippen molar-refractivity contribution in [1.82, 2.24) is 24.0 Å². The number of hydrogen-bond acceptors (Lipinski definition) is 6. The second-order valence-corrected chi connectivity index (χ2v) is 6.80. The molecule has 1 fully saturated rings. The molecule has 1 aromatic carbocycles. The number of rotatable bonds is 5. The molecule has 0 spiro atoms. The number of fused-ring (bicyclic) bond motifs is 1. The summed E-state index contributed by atoms with van der Waals surface area (Å²) < 4.78 is 34.3. The van der Waals surface area contributed by atoms with Gasteiger partial charge in [-0.1, -0.05) is 17.3 Å². The van der Waals surface area contributed by atoms with Crippen molar-refractivity contribution < 1.29 is 13.2 Å². The Morgan fingerprint density at radius 1 is 1.22 bits per heavy atom. The van der Waals surface area contributed by atoms with E-state index in [0.717, 1.165) is 4.68 Å². The van der Waals surface area contributed by atoms with E-state index >= 15 is 0 Å². The molecule has 0 radical (unpaired) electrons. The highest BCUT2D eigenvalue weighted by atomic mass is 32.2. The Morgan fingerprint density at radius 3 is 2.74 bits per heavy atom. The zero-order valence-corrected chi connectivity index (χ0v) is 13.2. The number of hydrogen-bond donors (Lipinski definition) is 1. The van der Waals surface area contributed by atoms with Crippen LogP contribution >= 0.6 is 0 Å². The van der Waals surface area contributed by atoms with Crippen molar-refractivity contribution in [1.29, 1.82) is 0 Å². The largest absolute Gasteiger partial charge is 0.379 e. The van der Waals surface area contributed by atoms with Gasteiger partial charge < -0.3 is 4.74 Å². The molecule has 10 heteroatoms. The van der Waals surface area contributed by atoms with Gasteiger partial charge in [0, 0.05) is 19.6 Å². The molecule has 1 N–H and O–H groups in total. The molecular weight excluding hydrogens is 322 g/mol. The molecule has 124 valence electrons. The van der Waals surface area contributed by atoms with Gasteiger partial charge in [0.25, 0.3) is 15.8 Å². The molecule has 0 amide bonds. The zero-order valence-electron chi connectivity index (χ0n) is 12.4. The molecule has 1 aromatic heterocycles. The smallest absolute Gasteiger partial charge is 0.279 e. The second kappa shape index (κ2) is 6.71. The van der Waals surface area contributed by atoms with Crippen LogP contribution in [-0.4, -0.2) is 60.6 Å². The molecule has 0 atom stereocenters. The Balaban J connectivity index is 1.67. The van der Waals surface area contributed by atoms with Gasteiger partial charge in [-0.2, -0.15) is 12.7 Å². The first-order valence-electron chi connectivity index (χ1n) is 7.23. The number of nitrogens with zero attached hydrogens (tertiary/aromatic N) is 4. The van der Waals surface area contributed by atoms with E-state index in [-0.39, 0.29) is 18.6 Å². The third kappa shape index (κ3) is 3.55. The topological polar surface area (TPSA) is 106 Å². The Hall–Kier alpha value is -1.88. The fourth-order valence-corrected chi connectivity index (χ4v) is 3.49. The quantitative estimate of drug-likeness (QED) is 0.746. The van der Waals surface area contributed by atoms with Crippen LogP contribution in [-0.2, 0) is 21.5 Å². The Labute approximate surface area is 133 Å². The summed E-state index contributed by atoms with van der Waals surface area (Å²) in [6.45, 7) is 1.59. The van der Waals surface area contributed by atoms with E-state index in [0.29, 0.717) is 37.2 Å². The molecule has 2 aromatic rings. The highest BCUT2D eigenvalue weighted by molar-refractivity contribution is 7.87. The molecule has 9 nitrogen and oxygen atoms in total. The van der Waals surface area contributed by atoms with Gasteiger partial charge in [0.2, 0.25) is 0 Å². The highest BCUT2D eigenvalue weighted by Gasteiger charge is 2.23. The number of nitrogens with one attached hydrogen (secondary N) is 1. The molecular formula is C13H17N5O4S. The summed E-state index contributed by atoms with van der Waals surface area (Å²) in [4.78, 5) is 12.2. The average molecular weight is 339 g/mol. The van der Waals surface area contributed by atoms with E-state index in [4.69, 9.17) is 4.74 Å². The van der Waals surface area contributed by atoms with Crippen molar-refractivity contribution in [2.45, 2.75) is 6.54 Å². The standard InChI is InChI=1S/C13H17N5O4S/c19-13-11-3-1-2-4-12(11)15-16-18(13)6-5-14-23(20,21)17-7-9-22-10-8-17/h1-4,14H,5-10H2. The van der Waals surface area contributed by atoms with Gasteiger partial charge in [0.1, 0.15) is 5.52 Å². The van der Waals surface area contributed by atoms with Crippen LogP contribution in [0.1, 0.15) is 0 Å². The van der Waals surface area contributed by atoms with Crippen molar-refractivity contribution in [2.75, 3.05) is 32.8 Å². The summed E-state index contributed by atoms with van der Waals surface area (Å²) in [5, 5.41) is 8.24. The Morgan fingerprint density at radius 2 is 1.96 bits per heavy atom. The molecule has 1 aliphatic rings. The maximum Gasteiger partial charge on any atom is 0.279 e. The predicted octanol–water partition coefficient (Wildman–Crippen LogP) is -1.04. The maximum absolute atomic E-state index is 12.2. The average Bonchev–Trinajstić information content (AvgIpc) is 2.58. The lowest BCUT2D eigenvalue weighted by Crippen LogP contribution is -2.47. The molecule has 1 saturated heterocycles. The summed E-state index contributed by atoms with van der Waals surface area (Å²) in [6.07, 6.45) is 0. The van der Waals surface area contributed by atoms with Crippen molar-refractivity contribution in [3.8, 4) is 0 Å². The van der Waals surface area contributed by atoms with Crippen molar-refractivity contribution in [2.24, 2.45) is 0 Å². The van der Waals surface area contributed by atoms with Crippen molar-refractivity contribution in [3.63, 3.8) is 0 Å². The van der Waals surface area contributed by atoms with E-state index in [1.165, 1.54) is 4.31 Å². The number of aromatic nitrogens is 3. The van der Waals surface area contributed by atoms with Gasteiger partial charge in [-0.3, -0.25) is 4.79 Å². The lowest BCUT2D eigenvalue weighted by atomic mass is 10.2. The van der Waals surface area contributed by atoms with Crippen LogP contribution in [0.4, 0.5) is 0 Å². The van der Waals surface area contributed by atoms with Gasteiger partial charge in [0.05, 0.1) is 25.1 Å². The lowest BCUT2D eigenvalue weighted by molar-refractivity contribution is 0.0725. The van der Waals surface area contributed by atoms with Gasteiger partial charge in [-0.05, 0) is 12.1 Å². The highest BCUT2D eigenvalue weighted by Crippen LogP contribution is 2.04. The first kappa shape index (κ1) is 16.0. The third-order valence-electron chi connectivity index (χ3n) is 3.55. The SMILES string of the molecule is O=c1c2ccccc2nnn1CCNS(=O)(=O)N1CCOCC1. The van der Waals surface area contributed by atoms with Crippen LogP contribution in [0.25, 0.3) is 10.9 Å². The van der Waals surface area contributed by atoms with Crippen LogP contribution in [0.2, 0.25) is 0 Å². The van der Waals surface area contributed by atoms with E-state index in [2.05, 4.69) is 15.0 Å². The van der Waals surface area contributed by atoms with E-state index in [1.807, 2.05) is 0 Å². The first-order valence-corrected chi connectivity index (χ1v) is 8.67. The normalized spacial score (nSPS) is 16.7. The minimum atomic E-state index is -3.57. The molecule has 2 heterocycles. The molecule has 3 rings (SSSR count). The molecule has 0 bridgehead atoms. The van der Waals surface area contributed by atoms with Crippen molar-refractivity contribution in [3.05, 3.63) is 34.6 Å². The minimum Gasteiger partial charge on any atom is -0.379 e. The summed E-state index contributed by atoms with van der Waals surface area (Å²) in [5.41, 5.74) is 0.226. The van der Waals surface area contributed by atoms with Gasteiger partial charge in [0.15, 0.2) is 0 Å². The van der Waals surface area contributed by atoms with Crippen LogP contribution < -0.4 is 10.3 Å². The van der Waals surface area contributed by atoms with E-state index in [9.17, 15) is 13.2 Å². The fourth-order valence-electron chi connectivity index (χ4n) is 2.33. The molecule has 0 aliphatic carbocycles. The monoisotopic (exact) mass is 339 g/mol. The lowest BCUT2D eigenvalue weighted by Gasteiger charge is -2.26. The van der Waals surface area contributed by atoms with Crippen LogP contribution in [0.3, 0.4) is 0 Å². The van der Waals surface area contributed by atoms with Gasteiger partial charge in [-0.25, -0.2) is 9.40 Å². The molecule has 0 unspecified atom stereocenters. The number of ether oxygens (including phenoxy) is 1. The van der Waals surface area contributed by atoms with E-state index in [1.54, 1.807) is 24.3 Å². The molecule has 23 heavy (non-hydrogen) atoms. The van der Waals surface area contributed by atoms with Crippen LogP contribution in [0.15, 0.2) is 29.1 Å². The maximum atomic E-state index is 12.2. The summed E-state index contributed by atoms with van der Waals surface area (Å²) in [7, 11) is -3.57. The molecule has 1 aliphatic heterocycles. The Kier molecular flexibility index (Phi) is 4.66. The fraction of sp³-hybridized carbons (Fsp3) is 0.462. The Bertz CT molecular complexity index is 845. The number of morpholine rings is 1. The summed E-state index contributed by atoms with van der Waals surface area (Å²) >= 11 is 0. The molecule has 0 saturated carbocycles. The van der Waals surface area contributed by atoms with Crippen LogP contribution in [0, 0.1) is 0 Å². The van der Waals surface area contributed by atoms with Gasteiger partial charge >= 0.3 is 0 Å². The van der Waals surface area contributed by atoms with Gasteiger partial charge in [-0.15, -0.1) is 5.10 Å². The third-order valence-corrected chi connectivity index (χ3v) is 5.16. The summed E-state index contributed by atoms with van der Waals surface area (Å²) in [6, 6.07) is 6.89.